The molecule has 1 heterocycles. The van der Waals surface area contributed by atoms with Crippen molar-refractivity contribution in [3.05, 3.63) is 29.6 Å². The van der Waals surface area contributed by atoms with E-state index in [1.54, 1.807) is 12.3 Å². The van der Waals surface area contributed by atoms with Gasteiger partial charge < -0.3 is 15.5 Å². The molecule has 3 N–H and O–H groups in total. The predicted molar refractivity (Wildman–Crippen MR) is 63.2 cm³/mol. The van der Waals surface area contributed by atoms with Crippen LogP contribution in [0.2, 0.25) is 0 Å². The van der Waals surface area contributed by atoms with E-state index < -0.39 is 12.2 Å². The van der Waals surface area contributed by atoms with Crippen LogP contribution in [-0.2, 0) is 4.79 Å². The summed E-state index contributed by atoms with van der Waals surface area (Å²) in [6, 6.07) is 3.51. The molecule has 94 valence electrons. The summed E-state index contributed by atoms with van der Waals surface area (Å²) in [4.78, 5) is 14.7. The van der Waals surface area contributed by atoms with E-state index >= 15 is 0 Å². The van der Waals surface area contributed by atoms with Gasteiger partial charge in [-0.15, -0.1) is 0 Å². The van der Waals surface area contributed by atoms with Crippen LogP contribution in [0, 0.1) is 6.92 Å². The normalized spacial score (nSPS) is 14.1. The Morgan fingerprint density at radius 2 is 2.18 bits per heavy atom. The molecule has 1 aromatic rings. The number of hydrogen-bond donors (Lipinski definition) is 3. The van der Waals surface area contributed by atoms with Crippen LogP contribution in [0.5, 0.6) is 0 Å². The van der Waals surface area contributed by atoms with Crippen LogP contribution in [0.3, 0.4) is 0 Å². The molecule has 0 radical (unpaired) electrons. The average Bonchev–Trinajstić information content (AvgIpc) is 2.28. The van der Waals surface area contributed by atoms with E-state index in [4.69, 9.17) is 0 Å². The van der Waals surface area contributed by atoms with Crippen molar-refractivity contribution in [3.8, 4) is 0 Å². The highest BCUT2D eigenvalue weighted by atomic mass is 16.3. The minimum Gasteiger partial charge on any atom is -0.390 e. The van der Waals surface area contributed by atoms with Crippen molar-refractivity contribution in [1.29, 1.82) is 0 Å². The Balaban J connectivity index is 2.48. The maximum Gasteiger partial charge on any atom is 0.216 e. The molecule has 0 aromatic carbocycles. The van der Waals surface area contributed by atoms with Gasteiger partial charge in [0.25, 0.3) is 0 Å². The Labute approximate surface area is 101 Å². The first-order valence-electron chi connectivity index (χ1n) is 5.54. The first-order chi connectivity index (χ1) is 8.00. The standard InChI is InChI=1S/C12H18N2O3/c1-8-3-4-10(14-7-8)12(17)11(16)5-6-13-9(2)15/h3-4,7,11-12,16-17H,5-6H2,1-2H3,(H,13,15). The molecule has 1 amide bonds. The third-order valence-corrected chi connectivity index (χ3v) is 2.42. The van der Waals surface area contributed by atoms with Gasteiger partial charge in [0.2, 0.25) is 5.91 Å². The highest BCUT2D eigenvalue weighted by molar-refractivity contribution is 5.72. The lowest BCUT2D eigenvalue weighted by molar-refractivity contribution is -0.119. The van der Waals surface area contributed by atoms with Crippen LogP contribution in [0.15, 0.2) is 18.3 Å². The number of nitrogens with zero attached hydrogens (tertiary/aromatic N) is 1. The van der Waals surface area contributed by atoms with Gasteiger partial charge in [0.15, 0.2) is 0 Å². The van der Waals surface area contributed by atoms with Crippen LogP contribution in [0.25, 0.3) is 0 Å². The predicted octanol–water partition coefficient (Wildman–Crippen LogP) is 0.311. The molecule has 2 unspecified atom stereocenters. The zero-order valence-corrected chi connectivity index (χ0v) is 10.1. The van der Waals surface area contributed by atoms with Gasteiger partial charge in [-0.1, -0.05) is 6.07 Å². The third kappa shape index (κ3) is 4.50. The van der Waals surface area contributed by atoms with Crippen molar-refractivity contribution in [2.24, 2.45) is 0 Å². The molecular formula is C12H18N2O3. The van der Waals surface area contributed by atoms with Crippen LogP contribution in [0.1, 0.15) is 30.7 Å². The summed E-state index contributed by atoms with van der Waals surface area (Å²) in [6.07, 6.45) is -0.0310. The summed E-state index contributed by atoms with van der Waals surface area (Å²) in [7, 11) is 0. The van der Waals surface area contributed by atoms with E-state index in [9.17, 15) is 15.0 Å². The summed E-state index contributed by atoms with van der Waals surface area (Å²) in [5.41, 5.74) is 1.43. The van der Waals surface area contributed by atoms with Crippen LogP contribution in [-0.4, -0.2) is 33.8 Å². The number of aryl methyl sites for hydroxylation is 1. The molecule has 2 atom stereocenters. The first-order valence-corrected chi connectivity index (χ1v) is 5.54. The number of carbonyl (C=O) groups is 1. The lowest BCUT2D eigenvalue weighted by Gasteiger charge is -2.17. The van der Waals surface area contributed by atoms with E-state index in [0.29, 0.717) is 12.2 Å². The topological polar surface area (TPSA) is 82.5 Å². The van der Waals surface area contributed by atoms with Gasteiger partial charge in [-0.3, -0.25) is 9.78 Å². The Morgan fingerprint density at radius 3 is 2.71 bits per heavy atom. The maximum atomic E-state index is 10.6. The molecule has 5 nitrogen and oxygen atoms in total. The SMILES string of the molecule is CC(=O)NCCC(O)C(O)c1ccc(C)cn1. The van der Waals surface area contributed by atoms with Gasteiger partial charge in [0.1, 0.15) is 6.10 Å². The molecule has 0 saturated heterocycles. The fourth-order valence-corrected chi connectivity index (χ4v) is 1.41. The fraction of sp³-hybridized carbons (Fsp3) is 0.500. The lowest BCUT2D eigenvalue weighted by Crippen LogP contribution is -2.28. The van der Waals surface area contributed by atoms with E-state index in [1.807, 2.05) is 13.0 Å². The highest BCUT2D eigenvalue weighted by Crippen LogP contribution is 2.16. The van der Waals surface area contributed by atoms with Gasteiger partial charge >= 0.3 is 0 Å². The molecule has 0 aliphatic carbocycles. The molecular weight excluding hydrogens is 220 g/mol. The van der Waals surface area contributed by atoms with Crippen molar-refractivity contribution in [1.82, 2.24) is 10.3 Å². The molecule has 0 aliphatic rings. The van der Waals surface area contributed by atoms with Crippen molar-refractivity contribution >= 4 is 5.91 Å². The Kier molecular flexibility index (Phi) is 5.06. The van der Waals surface area contributed by atoms with Crippen molar-refractivity contribution in [2.75, 3.05) is 6.54 Å². The van der Waals surface area contributed by atoms with Crippen molar-refractivity contribution in [3.63, 3.8) is 0 Å². The third-order valence-electron chi connectivity index (χ3n) is 2.42. The van der Waals surface area contributed by atoms with Crippen molar-refractivity contribution < 1.29 is 15.0 Å². The second-order valence-electron chi connectivity index (χ2n) is 4.04. The lowest BCUT2D eigenvalue weighted by atomic mass is 10.1. The summed E-state index contributed by atoms with van der Waals surface area (Å²) < 4.78 is 0. The molecule has 0 spiro atoms. The summed E-state index contributed by atoms with van der Waals surface area (Å²) in [5.74, 6) is -0.153. The number of aliphatic hydroxyl groups excluding tert-OH is 2. The number of amides is 1. The van der Waals surface area contributed by atoms with E-state index in [0.717, 1.165) is 5.56 Å². The monoisotopic (exact) mass is 238 g/mol. The molecule has 0 aliphatic heterocycles. The summed E-state index contributed by atoms with van der Waals surface area (Å²) in [6.45, 7) is 3.64. The number of aromatic nitrogens is 1. The number of rotatable bonds is 5. The van der Waals surface area contributed by atoms with E-state index in [-0.39, 0.29) is 12.3 Å². The minimum absolute atomic E-state index is 0.153. The van der Waals surface area contributed by atoms with Crippen LogP contribution >= 0.6 is 0 Å². The van der Waals surface area contributed by atoms with Crippen LogP contribution in [0.4, 0.5) is 0 Å². The number of carbonyl (C=O) groups excluding carboxylic acids is 1. The molecule has 0 bridgehead atoms. The number of hydrogen-bond acceptors (Lipinski definition) is 4. The molecule has 0 saturated carbocycles. The number of pyridine rings is 1. The average molecular weight is 238 g/mol. The van der Waals surface area contributed by atoms with Gasteiger partial charge in [-0.05, 0) is 25.0 Å². The zero-order valence-electron chi connectivity index (χ0n) is 10.1. The second-order valence-corrected chi connectivity index (χ2v) is 4.04. The first kappa shape index (κ1) is 13.6. The van der Waals surface area contributed by atoms with Gasteiger partial charge in [-0.25, -0.2) is 0 Å². The zero-order chi connectivity index (χ0) is 12.8. The largest absolute Gasteiger partial charge is 0.390 e. The Hall–Kier alpha value is -1.46. The van der Waals surface area contributed by atoms with Gasteiger partial charge in [-0.2, -0.15) is 0 Å². The van der Waals surface area contributed by atoms with E-state index in [1.165, 1.54) is 6.92 Å². The van der Waals surface area contributed by atoms with Crippen molar-refractivity contribution in [2.45, 2.75) is 32.5 Å². The van der Waals surface area contributed by atoms with Gasteiger partial charge in [0.05, 0.1) is 11.8 Å². The fourth-order valence-electron chi connectivity index (χ4n) is 1.41. The molecule has 1 aromatic heterocycles. The number of nitrogens with one attached hydrogen (secondary N) is 1. The Morgan fingerprint density at radius 1 is 1.47 bits per heavy atom. The molecule has 17 heavy (non-hydrogen) atoms. The minimum atomic E-state index is -1.02. The van der Waals surface area contributed by atoms with Gasteiger partial charge in [0, 0.05) is 19.7 Å². The van der Waals surface area contributed by atoms with E-state index in [2.05, 4.69) is 10.3 Å². The molecule has 0 fully saturated rings. The highest BCUT2D eigenvalue weighted by Gasteiger charge is 2.19. The molecule has 5 heteroatoms. The number of aliphatic hydroxyl groups is 2. The molecule has 1 rings (SSSR count). The summed E-state index contributed by atoms with van der Waals surface area (Å²) in [5, 5.41) is 22.1. The summed E-state index contributed by atoms with van der Waals surface area (Å²) >= 11 is 0. The quantitative estimate of drug-likeness (QED) is 0.689. The van der Waals surface area contributed by atoms with Crippen LogP contribution < -0.4 is 5.32 Å². The second kappa shape index (κ2) is 6.32. The Bertz CT molecular complexity index is 365. The maximum absolute atomic E-state index is 10.6. The smallest absolute Gasteiger partial charge is 0.216 e.